The molecular formula is C30H42O12. The topological polar surface area (TPSA) is 172 Å². The minimum absolute atomic E-state index is 0.0988. The molecule has 12 heteroatoms. The van der Waals surface area contributed by atoms with Crippen molar-refractivity contribution in [3.63, 3.8) is 0 Å². The molecule has 6 atom stereocenters. The molecule has 0 amide bonds. The fourth-order valence-corrected chi connectivity index (χ4v) is 5.69. The number of aliphatic hydroxyl groups is 2. The van der Waals surface area contributed by atoms with E-state index in [1.807, 2.05) is 13.8 Å². The lowest BCUT2D eigenvalue weighted by Crippen LogP contribution is -2.49. The summed E-state index contributed by atoms with van der Waals surface area (Å²) < 4.78 is 27.9. The largest absolute Gasteiger partial charge is 0.461 e. The summed E-state index contributed by atoms with van der Waals surface area (Å²) in [4.78, 5) is 60.9. The number of carbonyl (C=O) groups is 5. The third kappa shape index (κ3) is 8.51. The summed E-state index contributed by atoms with van der Waals surface area (Å²) in [6, 6.07) is 0. The number of rotatable bonds is 6. The molecule has 0 radical (unpaired) electrons. The summed E-state index contributed by atoms with van der Waals surface area (Å²) in [5.74, 6) is -4.16. The van der Waals surface area contributed by atoms with Crippen LogP contribution in [0, 0.1) is 11.3 Å². The fourth-order valence-electron chi connectivity index (χ4n) is 5.69. The number of fused-ring (bicyclic) bond motifs is 2. The molecule has 0 saturated heterocycles. The molecule has 0 aromatic rings. The van der Waals surface area contributed by atoms with Crippen molar-refractivity contribution in [1.29, 1.82) is 0 Å². The van der Waals surface area contributed by atoms with Crippen LogP contribution >= 0.6 is 0 Å². The molecule has 0 aromatic heterocycles. The number of aliphatic hydroxyl groups excluding tert-OH is 2. The van der Waals surface area contributed by atoms with Crippen LogP contribution in [0.4, 0.5) is 0 Å². The van der Waals surface area contributed by atoms with E-state index in [0.717, 1.165) is 6.92 Å². The number of ether oxygens (including phenoxy) is 5. The fraction of sp³-hybridized carbons (Fsp3) is 0.633. The monoisotopic (exact) mass is 594 g/mol. The second-order valence-corrected chi connectivity index (χ2v) is 11.3. The van der Waals surface area contributed by atoms with Crippen molar-refractivity contribution in [3.05, 3.63) is 34.1 Å². The number of hydrogen-bond acceptors (Lipinski definition) is 12. The molecule has 0 fully saturated rings. The zero-order valence-corrected chi connectivity index (χ0v) is 25.6. The van der Waals surface area contributed by atoms with E-state index >= 15 is 0 Å². The molecule has 0 saturated carbocycles. The molecule has 0 heterocycles. The standard InChI is InChI=1S/C30H42O12/c1-14-23(36)12-24(37)21(13-38-16(3)31)10-26(40-18(5)33)22-11-25(39-17(4)32)15(2)27(30(22,8)9)29(42-20(7)35)28(14)41-19(6)34/h10,22-26,29,36-37H,11-13H2,1-9H3/b21-10+,28-14+/t22-,23+,24-,25-,26-,29+/m0/s1. The molecule has 0 unspecified atom stereocenters. The predicted molar refractivity (Wildman–Crippen MR) is 147 cm³/mol. The first-order valence-electron chi connectivity index (χ1n) is 13.7. The summed E-state index contributed by atoms with van der Waals surface area (Å²) in [6.45, 7) is 12.4. The van der Waals surface area contributed by atoms with Crippen LogP contribution in [-0.2, 0) is 47.7 Å². The lowest BCUT2D eigenvalue weighted by Gasteiger charge is -2.48. The van der Waals surface area contributed by atoms with Crippen molar-refractivity contribution in [3.8, 4) is 0 Å². The van der Waals surface area contributed by atoms with Gasteiger partial charge in [-0.3, -0.25) is 24.0 Å². The van der Waals surface area contributed by atoms with Crippen LogP contribution in [0.2, 0.25) is 0 Å². The Morgan fingerprint density at radius 2 is 1.36 bits per heavy atom. The highest BCUT2D eigenvalue weighted by Crippen LogP contribution is 2.51. The van der Waals surface area contributed by atoms with Crippen molar-refractivity contribution in [2.75, 3.05) is 6.61 Å². The Morgan fingerprint density at radius 1 is 0.786 bits per heavy atom. The average molecular weight is 595 g/mol. The Balaban J connectivity index is 3.06. The van der Waals surface area contributed by atoms with Gasteiger partial charge in [-0.25, -0.2) is 0 Å². The quantitative estimate of drug-likeness (QED) is 0.262. The zero-order valence-electron chi connectivity index (χ0n) is 25.6. The minimum Gasteiger partial charge on any atom is -0.461 e. The third-order valence-electron chi connectivity index (χ3n) is 7.63. The predicted octanol–water partition coefficient (Wildman–Crippen LogP) is 2.60. The van der Waals surface area contributed by atoms with Gasteiger partial charge in [0.1, 0.15) is 18.8 Å². The first-order chi connectivity index (χ1) is 19.4. The second kappa shape index (κ2) is 14.1. The molecule has 2 bridgehead atoms. The summed E-state index contributed by atoms with van der Waals surface area (Å²) in [5.41, 5.74) is 0.178. The van der Waals surface area contributed by atoms with Gasteiger partial charge in [-0.15, -0.1) is 0 Å². The van der Waals surface area contributed by atoms with Crippen molar-refractivity contribution >= 4 is 29.8 Å². The molecule has 0 spiro atoms. The van der Waals surface area contributed by atoms with Gasteiger partial charge in [-0.2, -0.15) is 0 Å². The van der Waals surface area contributed by atoms with Crippen molar-refractivity contribution < 1.29 is 57.9 Å². The van der Waals surface area contributed by atoms with Crippen LogP contribution in [0.5, 0.6) is 0 Å². The number of esters is 5. The molecular weight excluding hydrogens is 552 g/mol. The molecule has 12 nitrogen and oxygen atoms in total. The molecule has 2 rings (SSSR count). The molecule has 0 aliphatic heterocycles. The maximum atomic E-state index is 12.5. The Hall–Kier alpha value is -3.51. The van der Waals surface area contributed by atoms with Gasteiger partial charge in [0, 0.05) is 47.0 Å². The van der Waals surface area contributed by atoms with E-state index in [9.17, 15) is 34.2 Å². The lowest BCUT2D eigenvalue weighted by molar-refractivity contribution is -0.156. The van der Waals surface area contributed by atoms with Gasteiger partial charge in [0.15, 0.2) is 11.9 Å². The molecule has 234 valence electrons. The van der Waals surface area contributed by atoms with Gasteiger partial charge in [-0.05, 0) is 54.1 Å². The highest BCUT2D eigenvalue weighted by Gasteiger charge is 2.51. The van der Waals surface area contributed by atoms with Gasteiger partial charge in [0.2, 0.25) is 0 Å². The highest BCUT2D eigenvalue weighted by molar-refractivity contribution is 5.70. The summed E-state index contributed by atoms with van der Waals surface area (Å²) >= 11 is 0. The molecule has 2 N–H and O–H groups in total. The van der Waals surface area contributed by atoms with Gasteiger partial charge in [0.25, 0.3) is 0 Å². The highest BCUT2D eigenvalue weighted by atomic mass is 16.6. The van der Waals surface area contributed by atoms with E-state index < -0.39 is 71.7 Å². The Kier molecular flexibility index (Phi) is 11.7. The van der Waals surface area contributed by atoms with Crippen molar-refractivity contribution in [1.82, 2.24) is 0 Å². The van der Waals surface area contributed by atoms with E-state index in [1.165, 1.54) is 40.7 Å². The molecule has 0 aromatic carbocycles. The SMILES string of the molecule is CC(=O)OC/C1=C\[C@H](OC(C)=O)[C@@H]2C[C@H](OC(C)=O)C(C)=C([C@@H](OC(C)=O)/C(OC(C)=O)=C(/C)[C@H](O)C[C@@H]1O)C2(C)C. The van der Waals surface area contributed by atoms with E-state index in [2.05, 4.69) is 0 Å². The zero-order chi connectivity index (χ0) is 32.1. The van der Waals surface area contributed by atoms with E-state index in [4.69, 9.17) is 23.7 Å². The van der Waals surface area contributed by atoms with Crippen LogP contribution < -0.4 is 0 Å². The maximum absolute atomic E-state index is 12.5. The average Bonchev–Trinajstić information content (AvgIpc) is 2.83. The minimum atomic E-state index is -1.42. The Morgan fingerprint density at radius 3 is 1.86 bits per heavy atom. The number of carbonyl (C=O) groups excluding carboxylic acids is 5. The van der Waals surface area contributed by atoms with Gasteiger partial charge in [0.05, 0.1) is 12.2 Å². The van der Waals surface area contributed by atoms with Crippen LogP contribution in [0.25, 0.3) is 0 Å². The lowest BCUT2D eigenvalue weighted by atomic mass is 9.60. The first-order valence-corrected chi connectivity index (χ1v) is 13.7. The van der Waals surface area contributed by atoms with E-state index in [1.54, 1.807) is 6.92 Å². The van der Waals surface area contributed by atoms with Crippen LogP contribution in [0.15, 0.2) is 34.1 Å². The van der Waals surface area contributed by atoms with Gasteiger partial charge < -0.3 is 33.9 Å². The van der Waals surface area contributed by atoms with E-state index in [-0.39, 0.29) is 36.4 Å². The normalized spacial score (nSPS) is 30.9. The Bertz CT molecular complexity index is 1190. The molecule has 2 aliphatic rings. The Labute approximate surface area is 245 Å². The summed E-state index contributed by atoms with van der Waals surface area (Å²) in [6.07, 6.45) is -4.79. The van der Waals surface area contributed by atoms with Gasteiger partial charge in [-0.1, -0.05) is 13.8 Å². The number of hydrogen-bond donors (Lipinski definition) is 2. The first kappa shape index (κ1) is 34.7. The van der Waals surface area contributed by atoms with Gasteiger partial charge >= 0.3 is 29.8 Å². The van der Waals surface area contributed by atoms with E-state index in [0.29, 0.717) is 11.1 Å². The summed E-state index contributed by atoms with van der Waals surface area (Å²) in [5, 5.41) is 22.4. The van der Waals surface area contributed by atoms with Crippen LogP contribution in [0.3, 0.4) is 0 Å². The van der Waals surface area contributed by atoms with Crippen molar-refractivity contribution in [2.24, 2.45) is 11.3 Å². The smallest absolute Gasteiger partial charge is 0.307 e. The molecule has 2 aliphatic carbocycles. The third-order valence-corrected chi connectivity index (χ3v) is 7.63. The van der Waals surface area contributed by atoms with Crippen molar-refractivity contribution in [2.45, 2.75) is 106 Å². The van der Waals surface area contributed by atoms with Crippen LogP contribution in [-0.4, -0.2) is 77.2 Å². The maximum Gasteiger partial charge on any atom is 0.307 e. The van der Waals surface area contributed by atoms with Crippen LogP contribution in [0.1, 0.15) is 75.2 Å². The summed E-state index contributed by atoms with van der Waals surface area (Å²) in [7, 11) is 0. The molecule has 42 heavy (non-hydrogen) atoms. The second-order valence-electron chi connectivity index (χ2n) is 11.3.